The molecule has 8 rings (SSSR count). The van der Waals surface area contributed by atoms with Crippen LogP contribution in [-0.4, -0.2) is 119 Å². The molecule has 0 saturated carbocycles. The predicted octanol–water partition coefficient (Wildman–Crippen LogP) is 1.80. The smallest absolute Gasteiger partial charge is 0.327 e. The molecular formula is C35H20N4O12S2. The fourth-order valence-corrected chi connectivity index (χ4v) is 8.03. The number of rotatable bonds is 8. The Labute approximate surface area is 306 Å². The molecule has 4 heterocycles. The number of hydrogen-bond donors (Lipinski definition) is 4. The van der Waals surface area contributed by atoms with Crippen molar-refractivity contribution in [1.29, 1.82) is 0 Å². The third kappa shape index (κ3) is 4.32. The molecule has 0 unspecified atom stereocenters. The number of carboxylic acids is 2. The van der Waals surface area contributed by atoms with Gasteiger partial charge in [0.1, 0.15) is 18.8 Å². The van der Waals surface area contributed by atoms with Crippen LogP contribution in [0, 0.1) is 0 Å². The molecule has 0 fully saturated rings. The number of amides is 8. The largest absolute Gasteiger partial charge is 0.480 e. The number of aliphatic carboxylic acids is 2. The first-order chi connectivity index (χ1) is 25.2. The summed E-state index contributed by atoms with van der Waals surface area (Å²) in [4.78, 5) is 136. The Morgan fingerprint density at radius 1 is 0.434 bits per heavy atom. The van der Waals surface area contributed by atoms with Crippen LogP contribution in [-0.2, 0) is 9.59 Å². The summed E-state index contributed by atoms with van der Waals surface area (Å²) in [5.41, 5.74) is -0.996. The van der Waals surface area contributed by atoms with E-state index >= 15 is 0 Å². The van der Waals surface area contributed by atoms with Gasteiger partial charge in [-0.3, -0.25) is 58.0 Å². The summed E-state index contributed by atoms with van der Waals surface area (Å²) in [6, 6.07) is 6.62. The maximum absolute atomic E-state index is 14.0. The van der Waals surface area contributed by atoms with E-state index in [1.54, 1.807) is 0 Å². The lowest BCUT2D eigenvalue weighted by molar-refractivity contribution is -0.141. The molecule has 4 aromatic rings. The van der Waals surface area contributed by atoms with Crippen LogP contribution >= 0.6 is 25.3 Å². The van der Waals surface area contributed by atoms with Crippen LogP contribution in [0.1, 0.15) is 82.9 Å². The van der Waals surface area contributed by atoms with E-state index < -0.39 is 77.9 Å². The van der Waals surface area contributed by atoms with Crippen molar-refractivity contribution in [2.45, 2.75) is 12.1 Å². The highest BCUT2D eigenvalue weighted by atomic mass is 32.1. The molecule has 18 heteroatoms. The summed E-state index contributed by atoms with van der Waals surface area (Å²) < 4.78 is 0. The maximum Gasteiger partial charge on any atom is 0.327 e. The first kappa shape index (κ1) is 33.7. The Kier molecular flexibility index (Phi) is 7.35. The molecule has 0 spiro atoms. The molecule has 53 heavy (non-hydrogen) atoms. The average molecular weight is 753 g/mol. The van der Waals surface area contributed by atoms with Crippen LogP contribution in [0.5, 0.6) is 0 Å². The van der Waals surface area contributed by atoms with E-state index in [-0.39, 0.29) is 77.6 Å². The van der Waals surface area contributed by atoms with E-state index in [4.69, 9.17) is 0 Å². The molecule has 0 aliphatic carbocycles. The second-order valence-electron chi connectivity index (χ2n) is 12.4. The highest BCUT2D eigenvalue weighted by molar-refractivity contribution is 7.80. The van der Waals surface area contributed by atoms with Crippen LogP contribution < -0.4 is 0 Å². The van der Waals surface area contributed by atoms with Gasteiger partial charge < -0.3 is 10.2 Å². The minimum Gasteiger partial charge on any atom is -0.480 e. The topological polar surface area (TPSA) is 224 Å². The molecule has 264 valence electrons. The summed E-state index contributed by atoms with van der Waals surface area (Å²) >= 11 is 7.96. The van der Waals surface area contributed by atoms with Gasteiger partial charge >= 0.3 is 11.9 Å². The van der Waals surface area contributed by atoms with Crippen molar-refractivity contribution >= 4 is 106 Å². The van der Waals surface area contributed by atoms with Gasteiger partial charge in [0, 0.05) is 77.6 Å². The molecule has 0 bridgehead atoms. The number of carbonyl (C=O) groups excluding carboxylic acids is 8. The fraction of sp³-hybridized carbons (Fsp3) is 0.143. The fourth-order valence-electron chi connectivity index (χ4n) is 7.39. The molecule has 0 saturated heterocycles. The molecule has 2 N–H and O–H groups in total. The number of benzene rings is 4. The number of hydrogen-bond acceptors (Lipinski definition) is 12. The van der Waals surface area contributed by atoms with Gasteiger partial charge in [-0.25, -0.2) is 9.59 Å². The first-order valence-electron chi connectivity index (χ1n) is 15.6. The predicted molar refractivity (Wildman–Crippen MR) is 185 cm³/mol. The van der Waals surface area contributed by atoms with Crippen molar-refractivity contribution in [3.63, 3.8) is 0 Å². The molecular weight excluding hydrogens is 733 g/mol. The van der Waals surface area contributed by atoms with Crippen molar-refractivity contribution in [3.05, 3.63) is 93.0 Å². The van der Waals surface area contributed by atoms with Gasteiger partial charge in [0.15, 0.2) is 0 Å². The summed E-state index contributed by atoms with van der Waals surface area (Å²) in [5.74, 6) is -11.4. The standard InChI is InChI=1S/C35H20N4O12S2/c40-26-12-1-5-16-24-17(31(45)38(30(16)44)20(9-52)34(48)49)6-2-13(22(12)24)27(41)36(26)11-37-28(42)14-3-7-18-25-19(8-4-15(23(14)25)29(37)43)33(47)39(32(18)46)21(10-53)35(50)51/h1-8,20-21,52-53H,9-11H2,(H,48,49)(H,50,51)/t20-,21-/m0/s1. The first-order valence-corrected chi connectivity index (χ1v) is 16.9. The minimum atomic E-state index is -1.60. The Morgan fingerprint density at radius 3 is 0.830 bits per heavy atom. The maximum atomic E-state index is 14.0. The van der Waals surface area contributed by atoms with Gasteiger partial charge in [-0.2, -0.15) is 25.3 Å². The lowest BCUT2D eigenvalue weighted by atomic mass is 9.85. The van der Waals surface area contributed by atoms with Gasteiger partial charge in [-0.05, 0) is 48.5 Å². The van der Waals surface area contributed by atoms with Gasteiger partial charge in [0.05, 0.1) is 0 Å². The molecule has 4 aliphatic rings. The van der Waals surface area contributed by atoms with E-state index in [0.29, 0.717) is 19.6 Å². The Hall–Kier alpha value is -6.40. The summed E-state index contributed by atoms with van der Waals surface area (Å²) in [7, 11) is 0. The van der Waals surface area contributed by atoms with Crippen molar-refractivity contribution < 1.29 is 58.2 Å². The average Bonchev–Trinajstić information content (AvgIpc) is 3.13. The number of imide groups is 4. The Morgan fingerprint density at radius 2 is 0.642 bits per heavy atom. The molecule has 8 amide bonds. The zero-order chi connectivity index (χ0) is 37.9. The SMILES string of the molecule is O=C(O)[C@H](CS)N1C(=O)c2ccc3c4c(ccc(c24)C1=O)C(=O)N(CN1C(=O)c2ccc4c5c(ccc(c25)C1=O)C(=O)N([C@@H](CS)C(=O)O)C4=O)C3=O. The summed E-state index contributed by atoms with van der Waals surface area (Å²) in [6.07, 6.45) is 0. The second kappa shape index (κ2) is 11.6. The van der Waals surface area contributed by atoms with Crippen molar-refractivity contribution in [2.75, 3.05) is 18.2 Å². The van der Waals surface area contributed by atoms with E-state index in [1.807, 2.05) is 0 Å². The van der Waals surface area contributed by atoms with E-state index in [0.717, 1.165) is 0 Å². The molecule has 0 aromatic heterocycles. The van der Waals surface area contributed by atoms with Crippen LogP contribution in [0.25, 0.3) is 21.5 Å². The second-order valence-corrected chi connectivity index (χ2v) is 13.1. The van der Waals surface area contributed by atoms with Crippen molar-refractivity contribution in [2.24, 2.45) is 0 Å². The zero-order valence-corrected chi connectivity index (χ0v) is 28.3. The Balaban J connectivity index is 1.17. The number of nitrogens with zero attached hydrogens (tertiary/aromatic N) is 4. The van der Waals surface area contributed by atoms with Gasteiger partial charge in [-0.15, -0.1) is 0 Å². The van der Waals surface area contributed by atoms with Crippen LogP contribution in [0.3, 0.4) is 0 Å². The van der Waals surface area contributed by atoms with E-state index in [1.165, 1.54) is 48.5 Å². The molecule has 4 aliphatic heterocycles. The van der Waals surface area contributed by atoms with E-state index in [2.05, 4.69) is 25.3 Å². The number of carboxylic acid groups (broad SMARTS) is 2. The Bertz CT molecular complexity index is 2270. The molecule has 2 atom stereocenters. The minimum absolute atomic E-state index is 0.0265. The summed E-state index contributed by atoms with van der Waals surface area (Å²) in [6.45, 7) is -0.869. The lowest BCUT2D eigenvalue weighted by Gasteiger charge is -2.36. The monoisotopic (exact) mass is 752 g/mol. The van der Waals surface area contributed by atoms with Gasteiger partial charge in [-0.1, -0.05) is 0 Å². The highest BCUT2D eigenvalue weighted by Crippen LogP contribution is 2.41. The molecule has 16 nitrogen and oxygen atoms in total. The molecule has 0 radical (unpaired) electrons. The molecule has 4 aromatic carbocycles. The normalized spacial score (nSPS) is 17.4. The number of carbonyl (C=O) groups is 10. The third-order valence-corrected chi connectivity index (χ3v) is 10.5. The van der Waals surface area contributed by atoms with Crippen LogP contribution in [0.15, 0.2) is 48.5 Å². The third-order valence-electron chi connectivity index (χ3n) is 9.84. The highest BCUT2D eigenvalue weighted by Gasteiger charge is 2.46. The quantitative estimate of drug-likeness (QED) is 0.149. The van der Waals surface area contributed by atoms with Crippen LogP contribution in [0.2, 0.25) is 0 Å². The van der Waals surface area contributed by atoms with E-state index in [9.17, 15) is 58.2 Å². The summed E-state index contributed by atoms with van der Waals surface area (Å²) in [5, 5.41) is 19.1. The van der Waals surface area contributed by atoms with Crippen LogP contribution in [0.4, 0.5) is 0 Å². The lowest BCUT2D eigenvalue weighted by Crippen LogP contribution is -2.53. The van der Waals surface area contributed by atoms with Gasteiger partial charge in [0.25, 0.3) is 47.3 Å². The van der Waals surface area contributed by atoms with Gasteiger partial charge in [0.2, 0.25) is 0 Å². The van der Waals surface area contributed by atoms with Crippen molar-refractivity contribution in [1.82, 2.24) is 19.6 Å². The van der Waals surface area contributed by atoms with Crippen molar-refractivity contribution in [3.8, 4) is 0 Å². The number of thiol groups is 2. The zero-order valence-electron chi connectivity index (χ0n) is 26.6.